The maximum atomic E-state index is 14.1. The van der Waals surface area contributed by atoms with Crippen LogP contribution in [0.5, 0.6) is 0 Å². The average Bonchev–Trinajstić information content (AvgIpc) is 3.40. The molecular formula is C42H68O17. The van der Waals surface area contributed by atoms with Gasteiger partial charge in [0.15, 0.2) is 12.6 Å². The van der Waals surface area contributed by atoms with E-state index in [0.717, 1.165) is 6.42 Å². The molecule has 2 bridgehead atoms. The second-order valence-electron chi connectivity index (χ2n) is 21.5. The number of esters is 1. The van der Waals surface area contributed by atoms with Gasteiger partial charge in [-0.1, -0.05) is 41.5 Å². The van der Waals surface area contributed by atoms with Crippen LogP contribution in [0.1, 0.15) is 92.9 Å². The predicted octanol–water partition coefficient (Wildman–Crippen LogP) is -1.56. The lowest BCUT2D eigenvalue weighted by atomic mass is 9.30. The molecule has 8 rings (SSSR count). The highest BCUT2D eigenvalue weighted by atomic mass is 16.7. The van der Waals surface area contributed by atoms with Gasteiger partial charge in [-0.05, 0) is 79.4 Å². The predicted molar refractivity (Wildman–Crippen MR) is 201 cm³/mol. The third kappa shape index (κ3) is 5.73. The number of hydrogen-bond acceptors (Lipinski definition) is 17. The van der Waals surface area contributed by atoms with Crippen LogP contribution in [0.3, 0.4) is 0 Å². The van der Waals surface area contributed by atoms with Crippen LogP contribution in [0, 0.1) is 50.2 Å². The number of rotatable bonds is 7. The standard InChI is InChI=1S/C42H68O17/c1-36(2)9-10-41-23(13-36)42(59-35(41)54)24(47)11-22-37(3)12-18(46)32(38(4,17-45)21(37)7-8-39(22,5)40(42,6)14-25(41)48)58-34-30(53)31(27(50)20(16-44)56-34)57-33-29(52)28(51)26(49)19(15-43)55-33/h18-34,43-53H,7-17H2,1-6H3. The van der Waals surface area contributed by atoms with Crippen LogP contribution in [0.4, 0.5) is 0 Å². The van der Waals surface area contributed by atoms with Gasteiger partial charge < -0.3 is 79.9 Å². The quantitative estimate of drug-likeness (QED) is 0.102. The number of fused-ring (bicyclic) bond motifs is 4. The summed E-state index contributed by atoms with van der Waals surface area (Å²) in [5.41, 5.74) is -5.78. The molecule has 3 saturated heterocycles. The van der Waals surface area contributed by atoms with Crippen molar-refractivity contribution in [2.75, 3.05) is 19.8 Å². The number of hydrogen-bond donors (Lipinski definition) is 11. The largest absolute Gasteiger partial charge is 0.455 e. The monoisotopic (exact) mass is 844 g/mol. The topological polar surface area (TPSA) is 286 Å². The summed E-state index contributed by atoms with van der Waals surface area (Å²) in [6.07, 6.45) is -17.5. The summed E-state index contributed by atoms with van der Waals surface area (Å²) in [5, 5.41) is 122. The van der Waals surface area contributed by atoms with Gasteiger partial charge >= 0.3 is 5.97 Å². The van der Waals surface area contributed by atoms with Crippen molar-refractivity contribution >= 4 is 5.97 Å². The Hall–Kier alpha value is -1.13. The zero-order valence-corrected chi connectivity index (χ0v) is 35.0. The van der Waals surface area contributed by atoms with Gasteiger partial charge in [0.25, 0.3) is 0 Å². The lowest BCUT2D eigenvalue weighted by molar-refractivity contribution is -0.378. The second-order valence-corrected chi connectivity index (χ2v) is 21.5. The van der Waals surface area contributed by atoms with Crippen molar-refractivity contribution in [2.45, 2.75) is 184 Å². The molecule has 5 aliphatic carbocycles. The molecule has 0 aromatic heterocycles. The molecule has 23 unspecified atom stereocenters. The lowest BCUT2D eigenvalue weighted by Gasteiger charge is -2.75. The number of aliphatic hydroxyl groups is 11. The molecular weight excluding hydrogens is 776 g/mol. The van der Waals surface area contributed by atoms with E-state index in [-0.39, 0.29) is 42.4 Å². The molecule has 0 amide bonds. The van der Waals surface area contributed by atoms with E-state index in [1.807, 2.05) is 0 Å². The number of aliphatic hydroxyl groups excluding tert-OH is 11. The molecule has 11 N–H and O–H groups in total. The highest BCUT2D eigenvalue weighted by Crippen LogP contribution is 2.80. The third-order valence-corrected chi connectivity index (χ3v) is 18.4. The van der Waals surface area contributed by atoms with Crippen molar-refractivity contribution in [2.24, 2.45) is 50.2 Å². The Morgan fingerprint density at radius 3 is 1.92 bits per heavy atom. The molecule has 0 radical (unpaired) electrons. The maximum Gasteiger partial charge on any atom is 0.315 e. The molecule has 5 saturated carbocycles. The Balaban J connectivity index is 1.09. The first-order valence-corrected chi connectivity index (χ1v) is 21.6. The fourth-order valence-electron chi connectivity index (χ4n) is 15.1. The zero-order valence-electron chi connectivity index (χ0n) is 35.0. The van der Waals surface area contributed by atoms with Crippen LogP contribution < -0.4 is 0 Å². The summed E-state index contributed by atoms with van der Waals surface area (Å²) in [6, 6.07) is 0. The molecule has 59 heavy (non-hydrogen) atoms. The molecule has 8 aliphatic rings. The molecule has 17 nitrogen and oxygen atoms in total. The Morgan fingerprint density at radius 2 is 1.29 bits per heavy atom. The number of carbonyl (C=O) groups excluding carboxylic acids is 1. The summed E-state index contributed by atoms with van der Waals surface area (Å²) in [5.74, 6) is -1.39. The van der Waals surface area contributed by atoms with E-state index in [1.54, 1.807) is 6.92 Å². The van der Waals surface area contributed by atoms with Crippen molar-refractivity contribution in [1.82, 2.24) is 0 Å². The minimum absolute atomic E-state index is 0.128. The van der Waals surface area contributed by atoms with Crippen molar-refractivity contribution in [3.8, 4) is 0 Å². The molecule has 1 spiro atoms. The fraction of sp³-hybridized carbons (Fsp3) is 0.976. The van der Waals surface area contributed by atoms with Crippen LogP contribution in [-0.4, -0.2) is 173 Å². The Bertz CT molecular complexity index is 1620. The van der Waals surface area contributed by atoms with Gasteiger partial charge in [0.1, 0.15) is 59.8 Å². The molecule has 0 aromatic carbocycles. The molecule has 23 atom stereocenters. The SMILES string of the molecule is CC1(C)CCC23C(=O)OC4(C(O)CC5C6(C)CC(O)C(OC7OC(CO)C(O)C(OC8OC(CO)C(O)C(O)C8O)C7O)C(C)(CO)C6CCC5(C)C4(C)CC2O)C3C1. The minimum Gasteiger partial charge on any atom is -0.455 e. The van der Waals surface area contributed by atoms with Crippen LogP contribution in [0.15, 0.2) is 0 Å². The van der Waals surface area contributed by atoms with E-state index < -0.39 is 144 Å². The molecule has 8 fully saturated rings. The van der Waals surface area contributed by atoms with Crippen molar-refractivity contribution in [1.29, 1.82) is 0 Å². The van der Waals surface area contributed by atoms with E-state index in [9.17, 15) is 61.0 Å². The van der Waals surface area contributed by atoms with E-state index in [1.165, 1.54) is 0 Å². The fourth-order valence-corrected chi connectivity index (χ4v) is 15.1. The Labute approximate surface area is 344 Å². The Morgan fingerprint density at radius 1 is 0.661 bits per heavy atom. The zero-order chi connectivity index (χ0) is 43.2. The first kappa shape index (κ1) is 44.5. The van der Waals surface area contributed by atoms with Gasteiger partial charge in [0.2, 0.25) is 0 Å². The third-order valence-electron chi connectivity index (χ3n) is 18.4. The maximum absolute atomic E-state index is 14.1. The van der Waals surface area contributed by atoms with E-state index in [2.05, 4.69) is 34.6 Å². The van der Waals surface area contributed by atoms with Gasteiger partial charge in [0, 0.05) is 16.7 Å². The van der Waals surface area contributed by atoms with Gasteiger partial charge in [-0.15, -0.1) is 0 Å². The van der Waals surface area contributed by atoms with Crippen LogP contribution in [-0.2, 0) is 28.5 Å². The molecule has 17 heteroatoms. The van der Waals surface area contributed by atoms with Crippen molar-refractivity contribution in [3.05, 3.63) is 0 Å². The average molecular weight is 845 g/mol. The smallest absolute Gasteiger partial charge is 0.315 e. The van der Waals surface area contributed by atoms with Crippen LogP contribution in [0.25, 0.3) is 0 Å². The summed E-state index contributed by atoms with van der Waals surface area (Å²) in [7, 11) is 0. The number of carbonyl (C=O) groups is 1. The Kier molecular flexibility index (Phi) is 10.9. The van der Waals surface area contributed by atoms with Gasteiger partial charge in [0.05, 0.1) is 44.2 Å². The van der Waals surface area contributed by atoms with E-state index in [0.29, 0.717) is 25.7 Å². The highest BCUT2D eigenvalue weighted by molar-refractivity contribution is 5.83. The summed E-state index contributed by atoms with van der Waals surface area (Å²) < 4.78 is 30.1. The summed E-state index contributed by atoms with van der Waals surface area (Å²) in [6.45, 7) is 10.5. The highest BCUT2D eigenvalue weighted by Gasteiger charge is 2.85. The van der Waals surface area contributed by atoms with Gasteiger partial charge in [-0.2, -0.15) is 0 Å². The van der Waals surface area contributed by atoms with E-state index in [4.69, 9.17) is 23.7 Å². The normalized spacial score (nSPS) is 59.1. The van der Waals surface area contributed by atoms with Crippen LogP contribution in [0.2, 0.25) is 0 Å². The van der Waals surface area contributed by atoms with Crippen molar-refractivity contribution < 1.29 is 84.7 Å². The first-order chi connectivity index (χ1) is 27.5. The second kappa shape index (κ2) is 14.4. The minimum atomic E-state index is -1.86. The number of ether oxygens (including phenoxy) is 5. The molecule has 3 heterocycles. The van der Waals surface area contributed by atoms with Gasteiger partial charge in [-0.25, -0.2) is 0 Å². The van der Waals surface area contributed by atoms with Crippen LogP contribution >= 0.6 is 0 Å². The van der Waals surface area contributed by atoms with Gasteiger partial charge in [-0.3, -0.25) is 4.79 Å². The molecule has 0 aromatic rings. The van der Waals surface area contributed by atoms with E-state index >= 15 is 0 Å². The summed E-state index contributed by atoms with van der Waals surface area (Å²) >= 11 is 0. The van der Waals surface area contributed by atoms with Crippen molar-refractivity contribution in [3.63, 3.8) is 0 Å². The lowest BCUT2D eigenvalue weighted by Crippen LogP contribution is -2.78. The first-order valence-electron chi connectivity index (χ1n) is 21.6. The molecule has 338 valence electrons. The molecule has 3 aliphatic heterocycles. The summed E-state index contributed by atoms with van der Waals surface area (Å²) in [4.78, 5) is 14.1.